The highest BCUT2D eigenvalue weighted by Crippen LogP contribution is 2.34. The molecule has 6 aromatic rings. The van der Waals surface area contributed by atoms with Crippen molar-refractivity contribution in [2.24, 2.45) is 23.7 Å². The molecule has 0 saturated heterocycles. The van der Waals surface area contributed by atoms with E-state index >= 15 is 0 Å². The van der Waals surface area contributed by atoms with Crippen LogP contribution in [0, 0.1) is 23.7 Å². The summed E-state index contributed by atoms with van der Waals surface area (Å²) in [6, 6.07) is 27.8. The summed E-state index contributed by atoms with van der Waals surface area (Å²) in [5.41, 5.74) is 6.44. The maximum atomic E-state index is 12.7. The molecular weight excluding hydrogens is 784 g/mol. The van der Waals surface area contributed by atoms with Gasteiger partial charge in [-0.3, -0.25) is 23.6 Å². The number of aromatic nitrogens is 4. The van der Waals surface area contributed by atoms with Crippen LogP contribution in [0.4, 0.5) is 0 Å². The molecule has 10 nitrogen and oxygen atoms in total. The van der Waals surface area contributed by atoms with Gasteiger partial charge >= 0.3 is 0 Å². The quantitative estimate of drug-likeness (QED) is 0.101. The predicted octanol–water partition coefficient (Wildman–Crippen LogP) is 8.65. The lowest BCUT2D eigenvalue weighted by Crippen LogP contribution is -2.41. The van der Waals surface area contributed by atoms with Crippen molar-refractivity contribution in [1.82, 2.24) is 29.4 Å². The molecule has 2 aliphatic rings. The fourth-order valence-electron chi connectivity index (χ4n) is 8.94. The van der Waals surface area contributed by atoms with Gasteiger partial charge in [0.15, 0.2) is 11.6 Å². The van der Waals surface area contributed by atoms with Gasteiger partial charge in [-0.15, -0.1) is 0 Å². The Balaban J connectivity index is 0.000000184. The summed E-state index contributed by atoms with van der Waals surface area (Å²) in [7, 11) is 0. The second-order valence-electron chi connectivity index (χ2n) is 17.1. The molecule has 0 bridgehead atoms. The van der Waals surface area contributed by atoms with Gasteiger partial charge in [-0.2, -0.15) is 0 Å². The Morgan fingerprint density at radius 3 is 1.69 bits per heavy atom. The Morgan fingerprint density at radius 2 is 1.15 bits per heavy atom. The highest BCUT2D eigenvalue weighted by Gasteiger charge is 2.32. The zero-order chi connectivity index (χ0) is 42.7. The number of ketones is 2. The summed E-state index contributed by atoms with van der Waals surface area (Å²) in [5, 5.41) is 6.46. The van der Waals surface area contributed by atoms with E-state index in [9.17, 15) is 19.2 Å². The van der Waals surface area contributed by atoms with Crippen LogP contribution >= 0.6 is 11.6 Å². The number of carbonyl (C=O) groups excluding carboxylic acids is 4. The normalized spacial score (nSPS) is 19.5. The minimum Gasteiger partial charge on any atom is -0.346 e. The van der Waals surface area contributed by atoms with Gasteiger partial charge in [0.1, 0.15) is 16.4 Å². The van der Waals surface area contributed by atoms with Crippen LogP contribution in [0.25, 0.3) is 11.3 Å². The molecule has 6 atom stereocenters. The summed E-state index contributed by atoms with van der Waals surface area (Å²) in [4.78, 5) is 58.9. The molecule has 0 spiro atoms. The molecule has 0 radical (unpaired) electrons. The number of hydrogen-bond acceptors (Lipinski definition) is 6. The van der Waals surface area contributed by atoms with Gasteiger partial charge in [0, 0.05) is 49.5 Å². The molecule has 11 heteroatoms. The van der Waals surface area contributed by atoms with Gasteiger partial charge in [-0.25, -0.2) is 9.97 Å². The molecule has 61 heavy (non-hydrogen) atoms. The average Bonchev–Trinajstić information content (AvgIpc) is 4.11. The SMILES string of the molecule is C[C@H](NC(=O)[C@@H]1CC[C@@H](Cc2ccccc2)C1)C(=O)CCc1ccc2ncc(Cl)n2c1.C[C@H](NC(=O)[C@@H]1CC[C@@H](Cc2ccccc2)C1)C(=O)CCc1ccc2nccn2c1. The van der Waals surface area contributed by atoms with Crippen LogP contribution < -0.4 is 10.6 Å². The van der Waals surface area contributed by atoms with Crippen LogP contribution in [0.3, 0.4) is 0 Å². The molecule has 318 valence electrons. The monoisotopic (exact) mass is 840 g/mol. The maximum Gasteiger partial charge on any atom is 0.223 e. The van der Waals surface area contributed by atoms with Crippen molar-refractivity contribution in [2.45, 2.75) is 103 Å². The summed E-state index contributed by atoms with van der Waals surface area (Å²) < 4.78 is 3.76. The van der Waals surface area contributed by atoms with Gasteiger partial charge in [0.05, 0.1) is 18.3 Å². The molecule has 2 saturated carbocycles. The van der Waals surface area contributed by atoms with E-state index < -0.39 is 12.1 Å². The number of halogens is 1. The van der Waals surface area contributed by atoms with E-state index in [0.717, 1.165) is 73.8 Å². The minimum absolute atomic E-state index is 0.00903. The summed E-state index contributed by atoms with van der Waals surface area (Å²) in [5.74, 6) is 1.29. The lowest BCUT2D eigenvalue weighted by molar-refractivity contribution is -0.129. The molecule has 0 unspecified atom stereocenters. The van der Waals surface area contributed by atoms with Crippen molar-refractivity contribution >= 4 is 46.3 Å². The van der Waals surface area contributed by atoms with Gasteiger partial charge in [-0.05, 0) is 124 Å². The van der Waals surface area contributed by atoms with Crippen LogP contribution in [-0.4, -0.2) is 54.2 Å². The number of imidazole rings is 2. The Labute approximate surface area is 363 Å². The zero-order valence-corrected chi connectivity index (χ0v) is 36.0. The molecular formula is C50H57ClN6O4. The molecule has 2 amide bonds. The third-order valence-electron chi connectivity index (χ3n) is 12.5. The van der Waals surface area contributed by atoms with Crippen LogP contribution in [0.1, 0.15) is 87.5 Å². The first kappa shape index (κ1) is 43.5. The summed E-state index contributed by atoms with van der Waals surface area (Å²) in [6.45, 7) is 3.59. The van der Waals surface area contributed by atoms with Crippen molar-refractivity contribution in [1.29, 1.82) is 0 Å². The molecule has 8 rings (SSSR count). The number of amides is 2. The molecule has 4 aromatic heterocycles. The standard InChI is InChI=1S/C25H28ClN3O2.C25H29N3O2/c1-17(22(30)11-8-19-9-12-24-27-15-23(26)29(24)16-19)28-25(31)21-10-7-20(14-21)13-18-5-3-2-4-6-18;1-18(23(29)11-8-20-9-12-24-26-13-14-28(24)17-20)27-25(30)22-10-7-21(16-22)15-19-5-3-2-4-6-19/h2-6,9,12,15-17,20-21H,7-8,10-11,13-14H2,1H3,(H,28,31);2-6,9,12-14,17-18,21-22H,7-8,10-11,15-16H2,1H3,(H,27,30)/t17-,20-,21+;18-,21-,22+/m00/s1. The first-order valence-corrected chi connectivity index (χ1v) is 22.2. The van der Waals surface area contributed by atoms with E-state index in [-0.39, 0.29) is 35.2 Å². The van der Waals surface area contributed by atoms with Crippen LogP contribution in [0.2, 0.25) is 5.15 Å². The molecule has 0 aliphatic heterocycles. The van der Waals surface area contributed by atoms with Crippen molar-refractivity contribution in [2.75, 3.05) is 0 Å². The number of benzene rings is 2. The first-order chi connectivity index (χ1) is 29.6. The summed E-state index contributed by atoms with van der Waals surface area (Å²) >= 11 is 6.12. The number of hydrogen-bond donors (Lipinski definition) is 2. The minimum atomic E-state index is -0.471. The van der Waals surface area contributed by atoms with Gasteiger partial charge < -0.3 is 15.0 Å². The number of nitrogens with one attached hydrogen (secondary N) is 2. The van der Waals surface area contributed by atoms with E-state index in [1.165, 1.54) is 11.1 Å². The van der Waals surface area contributed by atoms with Gasteiger partial charge in [0.25, 0.3) is 0 Å². The van der Waals surface area contributed by atoms with E-state index in [0.29, 0.717) is 42.7 Å². The van der Waals surface area contributed by atoms with E-state index in [4.69, 9.17) is 11.6 Å². The highest BCUT2D eigenvalue weighted by atomic mass is 35.5. The van der Waals surface area contributed by atoms with Crippen LogP contribution in [0.15, 0.2) is 116 Å². The fourth-order valence-corrected chi connectivity index (χ4v) is 9.12. The van der Waals surface area contributed by atoms with Crippen LogP contribution in [-0.2, 0) is 44.9 Å². The third-order valence-corrected chi connectivity index (χ3v) is 12.8. The fraction of sp³-hybridized carbons (Fsp3) is 0.400. The van der Waals surface area contributed by atoms with Crippen molar-refractivity contribution in [3.63, 3.8) is 0 Å². The number of pyridine rings is 2. The maximum absolute atomic E-state index is 12.7. The zero-order valence-electron chi connectivity index (χ0n) is 35.2. The van der Waals surface area contributed by atoms with Crippen molar-refractivity contribution < 1.29 is 19.2 Å². The first-order valence-electron chi connectivity index (χ1n) is 21.8. The number of fused-ring (bicyclic) bond motifs is 2. The van der Waals surface area contributed by atoms with E-state index in [1.54, 1.807) is 30.6 Å². The Bertz CT molecular complexity index is 2410. The average molecular weight is 841 g/mol. The second kappa shape index (κ2) is 20.8. The smallest absolute Gasteiger partial charge is 0.223 e. The number of aryl methyl sites for hydroxylation is 2. The number of rotatable bonds is 16. The molecule has 4 heterocycles. The highest BCUT2D eigenvalue weighted by molar-refractivity contribution is 6.29. The molecule has 2 aromatic carbocycles. The van der Waals surface area contributed by atoms with Gasteiger partial charge in [0.2, 0.25) is 11.8 Å². The Morgan fingerprint density at radius 1 is 0.639 bits per heavy atom. The predicted molar refractivity (Wildman–Crippen MR) is 239 cm³/mol. The molecule has 2 fully saturated rings. The third kappa shape index (κ3) is 12.0. The topological polar surface area (TPSA) is 127 Å². The molecule has 2 aliphatic carbocycles. The second-order valence-corrected chi connectivity index (χ2v) is 17.5. The van der Waals surface area contributed by atoms with E-state index in [1.807, 2.05) is 59.4 Å². The van der Waals surface area contributed by atoms with E-state index in [2.05, 4.69) is 69.1 Å². The largest absolute Gasteiger partial charge is 0.346 e. The van der Waals surface area contributed by atoms with Crippen molar-refractivity contribution in [3.05, 3.63) is 143 Å². The summed E-state index contributed by atoms with van der Waals surface area (Å²) in [6.07, 6.45) is 19.0. The van der Waals surface area contributed by atoms with Crippen LogP contribution in [0.5, 0.6) is 0 Å². The lowest BCUT2D eigenvalue weighted by Gasteiger charge is -2.17. The Kier molecular flexibility index (Phi) is 14.8. The van der Waals surface area contributed by atoms with Crippen molar-refractivity contribution in [3.8, 4) is 0 Å². The number of Topliss-reactive ketones (excluding diaryl/α,β-unsaturated/α-hetero) is 2. The Hall–Kier alpha value is -5.61. The number of carbonyl (C=O) groups is 4. The number of nitrogens with zero attached hydrogens (tertiary/aromatic N) is 4. The van der Waals surface area contributed by atoms with Gasteiger partial charge in [-0.1, -0.05) is 84.4 Å². The lowest BCUT2D eigenvalue weighted by atomic mass is 9.96. The molecule has 2 N–H and O–H groups in total.